The molecule has 1 amide bonds. The monoisotopic (exact) mass is 422 g/mol. The molecule has 0 fully saturated rings. The summed E-state index contributed by atoms with van der Waals surface area (Å²) in [5.41, 5.74) is 0.394. The lowest BCUT2D eigenvalue weighted by molar-refractivity contribution is 0.0994. The van der Waals surface area contributed by atoms with Gasteiger partial charge in [-0.05, 0) is 12.1 Å². The molecule has 0 bridgehead atoms. The van der Waals surface area contributed by atoms with E-state index in [-0.39, 0.29) is 5.56 Å². The first kappa shape index (κ1) is 19.7. The van der Waals surface area contributed by atoms with E-state index in [9.17, 15) is 9.59 Å². The smallest absolute Gasteiger partial charge is 0.349 e. The molecule has 4 aromatic rings. The quantitative estimate of drug-likeness (QED) is 0.361. The highest BCUT2D eigenvalue weighted by atomic mass is 32.1. The van der Waals surface area contributed by atoms with Gasteiger partial charge in [-0.25, -0.2) is 4.79 Å². The van der Waals surface area contributed by atoms with Gasteiger partial charge in [0.1, 0.15) is 11.1 Å². The number of methoxy groups -OCH3 is 2. The maximum Gasteiger partial charge on any atom is 0.349 e. The number of para-hydroxylation sites is 1. The fourth-order valence-corrected chi connectivity index (χ4v) is 4.19. The van der Waals surface area contributed by atoms with Gasteiger partial charge in [0, 0.05) is 24.1 Å². The summed E-state index contributed by atoms with van der Waals surface area (Å²) in [5, 5.41) is 0.653. The maximum absolute atomic E-state index is 12.8. The molecule has 0 atom stereocenters. The van der Waals surface area contributed by atoms with Gasteiger partial charge in [-0.1, -0.05) is 35.6 Å². The van der Waals surface area contributed by atoms with Crippen molar-refractivity contribution in [3.8, 4) is 11.5 Å². The van der Waals surface area contributed by atoms with Crippen molar-refractivity contribution >= 4 is 38.4 Å². The molecule has 0 N–H and O–H groups in total. The third-order valence-electron chi connectivity index (χ3n) is 4.57. The lowest BCUT2D eigenvalue weighted by Crippen LogP contribution is -2.19. The van der Waals surface area contributed by atoms with Crippen LogP contribution in [0.2, 0.25) is 0 Å². The van der Waals surface area contributed by atoms with Crippen LogP contribution in [-0.2, 0) is 6.54 Å². The van der Waals surface area contributed by atoms with Gasteiger partial charge >= 0.3 is 5.63 Å². The average molecular weight is 422 g/mol. The number of aromatic nitrogens is 1. The highest BCUT2D eigenvalue weighted by Gasteiger charge is 2.16. The van der Waals surface area contributed by atoms with Gasteiger partial charge in [0.25, 0.3) is 5.91 Å². The molecule has 30 heavy (non-hydrogen) atoms. The molecule has 0 unspecified atom stereocenters. The first-order chi connectivity index (χ1) is 14.5. The Morgan fingerprint density at radius 2 is 1.93 bits per heavy atom. The van der Waals surface area contributed by atoms with Gasteiger partial charge < -0.3 is 18.5 Å². The lowest BCUT2D eigenvalue weighted by Gasteiger charge is -2.08. The van der Waals surface area contributed by atoms with E-state index >= 15 is 0 Å². The van der Waals surface area contributed by atoms with Crippen LogP contribution in [0.25, 0.3) is 21.2 Å². The number of hydrogen-bond donors (Lipinski definition) is 0. The summed E-state index contributed by atoms with van der Waals surface area (Å²) in [6.07, 6.45) is 1.71. The molecule has 8 heteroatoms. The fourth-order valence-electron chi connectivity index (χ4n) is 3.15. The Morgan fingerprint density at radius 3 is 2.67 bits per heavy atom. The summed E-state index contributed by atoms with van der Waals surface area (Å²) < 4.78 is 18.7. The number of amides is 1. The van der Waals surface area contributed by atoms with Crippen LogP contribution in [0.1, 0.15) is 10.4 Å². The molecule has 0 aliphatic heterocycles. The zero-order valence-corrected chi connectivity index (χ0v) is 17.2. The van der Waals surface area contributed by atoms with Crippen LogP contribution < -0.4 is 19.9 Å². The van der Waals surface area contributed by atoms with Crippen LogP contribution in [0.15, 0.2) is 69.3 Å². The van der Waals surface area contributed by atoms with Gasteiger partial charge in [0.15, 0.2) is 16.3 Å². The topological polar surface area (TPSA) is 83.0 Å². The largest absolute Gasteiger partial charge is 0.493 e. The summed E-state index contributed by atoms with van der Waals surface area (Å²) in [7, 11) is 3.12. The Labute approximate surface area is 175 Å². The van der Waals surface area contributed by atoms with E-state index in [4.69, 9.17) is 13.9 Å². The van der Waals surface area contributed by atoms with E-state index in [1.54, 1.807) is 44.6 Å². The van der Waals surface area contributed by atoms with Crippen molar-refractivity contribution in [3.63, 3.8) is 0 Å². The number of allylic oxidation sites excluding steroid dienone is 1. The number of hydrogen-bond acceptors (Lipinski definition) is 6. The third-order valence-corrected chi connectivity index (χ3v) is 5.61. The number of rotatable bonds is 5. The molecule has 2 aromatic carbocycles. The van der Waals surface area contributed by atoms with Crippen molar-refractivity contribution in [2.24, 2.45) is 4.99 Å². The Hall–Kier alpha value is -3.65. The highest BCUT2D eigenvalue weighted by Crippen LogP contribution is 2.33. The SMILES string of the molecule is C=CCn1c(=NC(=O)c2cc3ccccc3oc2=O)sc2cc(OC)c(OC)cc21. The first-order valence-corrected chi connectivity index (χ1v) is 9.85. The summed E-state index contributed by atoms with van der Waals surface area (Å²) in [6, 6.07) is 12.2. The molecule has 152 valence electrons. The average Bonchev–Trinajstić information content (AvgIpc) is 3.08. The Kier molecular flexibility index (Phi) is 5.24. The molecule has 0 radical (unpaired) electrons. The van der Waals surface area contributed by atoms with Crippen molar-refractivity contribution in [1.82, 2.24) is 4.57 Å². The molecule has 0 aliphatic rings. The minimum Gasteiger partial charge on any atom is -0.493 e. The van der Waals surface area contributed by atoms with Crippen molar-refractivity contribution in [3.05, 3.63) is 75.9 Å². The van der Waals surface area contributed by atoms with E-state index < -0.39 is 11.5 Å². The van der Waals surface area contributed by atoms with Crippen LogP contribution in [-0.4, -0.2) is 24.7 Å². The van der Waals surface area contributed by atoms with Crippen molar-refractivity contribution in [2.45, 2.75) is 6.54 Å². The first-order valence-electron chi connectivity index (χ1n) is 9.04. The lowest BCUT2D eigenvalue weighted by atomic mass is 10.2. The molecule has 7 nitrogen and oxygen atoms in total. The predicted octanol–water partition coefficient (Wildman–Crippen LogP) is 3.75. The number of benzene rings is 2. The van der Waals surface area contributed by atoms with Crippen molar-refractivity contribution < 1.29 is 18.7 Å². The minimum absolute atomic E-state index is 0.119. The zero-order chi connectivity index (χ0) is 21.3. The molecule has 4 rings (SSSR count). The predicted molar refractivity (Wildman–Crippen MR) is 115 cm³/mol. The second kappa shape index (κ2) is 8.00. The standard InChI is InChI=1S/C22H18N2O5S/c1-4-9-24-15-11-17(27-2)18(28-3)12-19(15)30-22(24)23-20(25)14-10-13-7-5-6-8-16(13)29-21(14)26/h4-8,10-12H,1,9H2,2-3H3. The summed E-state index contributed by atoms with van der Waals surface area (Å²) >= 11 is 1.30. The molecule has 0 aliphatic carbocycles. The summed E-state index contributed by atoms with van der Waals surface area (Å²) in [5.74, 6) is 0.469. The van der Waals surface area contributed by atoms with Gasteiger partial charge in [-0.15, -0.1) is 6.58 Å². The maximum atomic E-state index is 12.8. The van der Waals surface area contributed by atoms with Gasteiger partial charge in [0.05, 0.1) is 24.4 Å². The number of carbonyl (C=O) groups excluding carboxylic acids is 1. The number of fused-ring (bicyclic) bond motifs is 2. The molecule has 0 saturated heterocycles. The summed E-state index contributed by atoms with van der Waals surface area (Å²) in [4.78, 5) is 29.8. The second-order valence-corrected chi connectivity index (χ2v) is 7.37. The van der Waals surface area contributed by atoms with E-state index in [2.05, 4.69) is 11.6 Å². The number of thiazole rings is 1. The molecular formula is C22H18N2O5S. The molecule has 2 heterocycles. The fraction of sp³-hybridized carbons (Fsp3) is 0.136. The van der Waals surface area contributed by atoms with Gasteiger partial charge in [-0.2, -0.15) is 4.99 Å². The Morgan fingerprint density at radius 1 is 1.20 bits per heavy atom. The Bertz CT molecular complexity index is 1410. The summed E-state index contributed by atoms with van der Waals surface area (Å²) in [6.45, 7) is 4.21. The molecular weight excluding hydrogens is 404 g/mol. The van der Waals surface area contributed by atoms with Crippen LogP contribution in [0, 0.1) is 0 Å². The second-order valence-electron chi connectivity index (χ2n) is 6.36. The number of ether oxygens (including phenoxy) is 2. The molecule has 0 saturated carbocycles. The number of carbonyl (C=O) groups is 1. The minimum atomic E-state index is -0.720. The van der Waals surface area contributed by atoms with E-state index in [1.165, 1.54) is 17.4 Å². The number of nitrogens with zero attached hydrogens (tertiary/aromatic N) is 2. The van der Waals surface area contributed by atoms with Gasteiger partial charge in [-0.3, -0.25) is 4.79 Å². The third kappa shape index (κ3) is 3.42. The highest BCUT2D eigenvalue weighted by molar-refractivity contribution is 7.16. The van der Waals surface area contributed by atoms with Crippen LogP contribution in [0.3, 0.4) is 0 Å². The van der Waals surface area contributed by atoms with Crippen LogP contribution >= 0.6 is 11.3 Å². The Balaban J connectivity index is 1.90. The molecule has 2 aromatic heterocycles. The van der Waals surface area contributed by atoms with Gasteiger partial charge in [0.2, 0.25) is 0 Å². The van der Waals surface area contributed by atoms with Crippen LogP contribution in [0.4, 0.5) is 0 Å². The zero-order valence-electron chi connectivity index (χ0n) is 16.4. The normalized spacial score (nSPS) is 11.7. The van der Waals surface area contributed by atoms with Crippen molar-refractivity contribution in [1.29, 1.82) is 0 Å². The van der Waals surface area contributed by atoms with E-state index in [0.717, 1.165) is 10.2 Å². The van der Waals surface area contributed by atoms with Crippen molar-refractivity contribution in [2.75, 3.05) is 14.2 Å². The van der Waals surface area contributed by atoms with Crippen LogP contribution in [0.5, 0.6) is 11.5 Å². The van der Waals surface area contributed by atoms with E-state index in [0.29, 0.717) is 33.8 Å². The van der Waals surface area contributed by atoms with E-state index in [1.807, 2.05) is 16.7 Å². The molecule has 0 spiro atoms.